The van der Waals surface area contributed by atoms with E-state index in [4.69, 9.17) is 5.11 Å². The molecule has 8 saturated carbocycles. The van der Waals surface area contributed by atoms with Crippen molar-refractivity contribution >= 4 is 27.5 Å². The molecule has 0 aromatic carbocycles. The standard InChI is InChI=1S/C21H32BrFO2.C21H33FO2.CH4O.CH4/c1-19(25)9-10-21(23)13(11-19)3-4-14-15-5-6-17(18(24)12-22)20(15,2)8-7-16(14)21;1-13(23)16-6-7-17-15-5-4-14-12-19(2,24)10-11-21(14,22)18(15)8-9-20(16,17)3;1-2;/h13-17,25H,3-12H2,1-2H3;14-18,24H,4-12H2,1-3H3;2H,1H3;1H4/t13-,14+,15+,16?,17-,19-,20+,21-;14-,15+,16-,17+,18?,19-,20-,21-;;/m11../s1. The second kappa shape index (κ2) is 15.1. The van der Waals surface area contributed by atoms with Crippen molar-refractivity contribution in [3.63, 3.8) is 0 Å². The number of fused-ring (bicyclic) bond motifs is 10. The fourth-order valence-corrected chi connectivity index (χ4v) is 15.6. The van der Waals surface area contributed by atoms with Gasteiger partial charge in [0.2, 0.25) is 0 Å². The highest BCUT2D eigenvalue weighted by molar-refractivity contribution is 9.09. The first kappa shape index (κ1) is 42.7. The maximum atomic E-state index is 16.2. The summed E-state index contributed by atoms with van der Waals surface area (Å²) in [6.45, 7) is 10.1. The van der Waals surface area contributed by atoms with Crippen molar-refractivity contribution in [1.82, 2.24) is 0 Å². The quantitative estimate of drug-likeness (QED) is 0.247. The van der Waals surface area contributed by atoms with Crippen LogP contribution >= 0.6 is 15.9 Å². The zero-order valence-corrected chi connectivity index (χ0v) is 34.1. The number of carbonyl (C=O) groups excluding carboxylic acids is 2. The summed E-state index contributed by atoms with van der Waals surface area (Å²) in [5, 5.41) is 28.3. The molecule has 8 heteroatoms. The van der Waals surface area contributed by atoms with Crippen LogP contribution in [0.2, 0.25) is 0 Å². The second-order valence-electron chi connectivity index (χ2n) is 20.1. The summed E-state index contributed by atoms with van der Waals surface area (Å²) in [5.41, 5.74) is -3.32. The fourth-order valence-electron chi connectivity index (χ4n) is 15.2. The molecule has 3 N–H and O–H groups in total. The summed E-state index contributed by atoms with van der Waals surface area (Å²) >= 11 is 3.37. The van der Waals surface area contributed by atoms with Gasteiger partial charge in [-0.25, -0.2) is 8.78 Å². The van der Waals surface area contributed by atoms with Crippen LogP contribution in [-0.4, -0.2) is 61.9 Å². The minimum absolute atomic E-state index is 0. The summed E-state index contributed by atoms with van der Waals surface area (Å²) in [6.07, 6.45) is 15.6. The SMILES string of the molecule is C.CC(=O)[C@H]1CC[C@H]2[C@@H]3CC[C@@H]4C[C@](C)(O)CC[C@]4(F)C3CC[C@]12C.CO.C[C@@]1(O)CC[C@]2(F)C3CC[C@]4(C)[C@@H](C(=O)CBr)CC[C@H]4[C@@H]3CC[C@@H]2C1. The van der Waals surface area contributed by atoms with E-state index in [-0.39, 0.29) is 53.8 Å². The second-order valence-corrected chi connectivity index (χ2v) is 20.7. The largest absolute Gasteiger partial charge is 0.400 e. The molecule has 300 valence electrons. The molecule has 8 rings (SSSR count). The van der Waals surface area contributed by atoms with Gasteiger partial charge in [-0.3, -0.25) is 9.59 Å². The molecule has 0 amide bonds. The Morgan fingerprint density at radius 2 is 1.00 bits per heavy atom. The lowest BCUT2D eigenvalue weighted by molar-refractivity contribution is -0.165. The first-order valence-corrected chi connectivity index (χ1v) is 21.9. The van der Waals surface area contributed by atoms with E-state index in [2.05, 4.69) is 29.8 Å². The third-order valence-corrected chi connectivity index (χ3v) is 18.2. The van der Waals surface area contributed by atoms with Gasteiger partial charge in [0.05, 0.1) is 16.5 Å². The number of Topliss-reactive ketones (excluding diaryl/α,β-unsaturated/α-hetero) is 2. The molecule has 0 spiro atoms. The number of rotatable bonds is 3. The average molecular weight is 800 g/mol. The number of alkyl halides is 3. The van der Waals surface area contributed by atoms with E-state index in [1.807, 2.05) is 13.8 Å². The Morgan fingerprint density at radius 3 is 1.40 bits per heavy atom. The predicted octanol–water partition coefficient (Wildman–Crippen LogP) is 9.99. The van der Waals surface area contributed by atoms with Gasteiger partial charge in [0.1, 0.15) is 22.9 Å². The summed E-state index contributed by atoms with van der Waals surface area (Å²) in [5.74, 6) is 3.37. The molecule has 0 aromatic rings. The number of aliphatic hydroxyl groups excluding tert-OH is 1. The van der Waals surface area contributed by atoms with Crippen molar-refractivity contribution in [3.05, 3.63) is 0 Å². The van der Waals surface area contributed by atoms with Crippen LogP contribution in [0.4, 0.5) is 8.78 Å². The molecular formula is C44H73BrF2O5. The van der Waals surface area contributed by atoms with Gasteiger partial charge in [-0.1, -0.05) is 37.2 Å². The predicted molar refractivity (Wildman–Crippen MR) is 208 cm³/mol. The Kier molecular flexibility index (Phi) is 12.4. The van der Waals surface area contributed by atoms with Gasteiger partial charge >= 0.3 is 0 Å². The molecule has 0 radical (unpaired) electrons. The first-order valence-electron chi connectivity index (χ1n) is 20.7. The van der Waals surface area contributed by atoms with Crippen molar-refractivity contribution in [2.24, 2.45) is 70.0 Å². The van der Waals surface area contributed by atoms with Crippen LogP contribution in [-0.2, 0) is 9.59 Å². The van der Waals surface area contributed by atoms with Gasteiger partial charge in [-0.15, -0.1) is 0 Å². The van der Waals surface area contributed by atoms with Crippen molar-refractivity contribution in [1.29, 1.82) is 0 Å². The van der Waals surface area contributed by atoms with Crippen LogP contribution in [0.3, 0.4) is 0 Å². The highest BCUT2D eigenvalue weighted by Crippen LogP contribution is 2.68. The third-order valence-electron chi connectivity index (χ3n) is 17.6. The minimum atomic E-state index is -1.08. The monoisotopic (exact) mass is 798 g/mol. The maximum Gasteiger partial charge on any atom is 0.147 e. The summed E-state index contributed by atoms with van der Waals surface area (Å²) in [4.78, 5) is 24.6. The van der Waals surface area contributed by atoms with Crippen molar-refractivity contribution in [3.8, 4) is 0 Å². The zero-order valence-electron chi connectivity index (χ0n) is 32.5. The third kappa shape index (κ3) is 6.96. The van der Waals surface area contributed by atoms with Crippen molar-refractivity contribution in [2.45, 2.75) is 180 Å². The molecule has 0 aliphatic heterocycles. The Bertz CT molecular complexity index is 1310. The number of hydrogen-bond donors (Lipinski definition) is 3. The summed E-state index contributed by atoms with van der Waals surface area (Å²) < 4.78 is 32.4. The molecule has 8 aliphatic rings. The summed E-state index contributed by atoms with van der Waals surface area (Å²) in [7, 11) is 1.00. The highest BCUT2D eigenvalue weighted by Gasteiger charge is 2.65. The number of carbonyl (C=O) groups is 2. The Balaban J connectivity index is 0.000000189. The molecule has 5 nitrogen and oxygen atoms in total. The lowest BCUT2D eigenvalue weighted by Gasteiger charge is -2.59. The molecular weight excluding hydrogens is 726 g/mol. The van der Waals surface area contributed by atoms with Gasteiger partial charge < -0.3 is 15.3 Å². The maximum absolute atomic E-state index is 16.2. The molecule has 8 fully saturated rings. The van der Waals surface area contributed by atoms with Crippen LogP contribution in [0.5, 0.6) is 0 Å². The molecule has 8 aliphatic carbocycles. The smallest absolute Gasteiger partial charge is 0.147 e. The van der Waals surface area contributed by atoms with E-state index in [0.29, 0.717) is 79.1 Å². The van der Waals surface area contributed by atoms with Gasteiger partial charge in [0.25, 0.3) is 0 Å². The lowest BCUT2D eigenvalue weighted by atomic mass is 9.48. The highest BCUT2D eigenvalue weighted by atomic mass is 79.9. The van der Waals surface area contributed by atoms with Crippen LogP contribution < -0.4 is 0 Å². The number of ketones is 2. The number of halogens is 3. The molecule has 52 heavy (non-hydrogen) atoms. The van der Waals surface area contributed by atoms with Crippen molar-refractivity contribution < 1.29 is 33.7 Å². The Labute approximate surface area is 322 Å². The van der Waals surface area contributed by atoms with E-state index < -0.39 is 22.5 Å². The lowest BCUT2D eigenvalue weighted by Crippen LogP contribution is -2.58. The van der Waals surface area contributed by atoms with Crippen molar-refractivity contribution in [2.75, 3.05) is 12.4 Å². The van der Waals surface area contributed by atoms with Gasteiger partial charge in [-0.05, 0) is 195 Å². The number of hydrogen-bond acceptors (Lipinski definition) is 5. The Morgan fingerprint density at radius 1 is 0.596 bits per heavy atom. The van der Waals surface area contributed by atoms with E-state index in [9.17, 15) is 19.8 Å². The van der Waals surface area contributed by atoms with Crippen LogP contribution in [0.15, 0.2) is 0 Å². The Hall–Kier alpha value is -0.440. The van der Waals surface area contributed by atoms with E-state index >= 15 is 8.78 Å². The fraction of sp³-hybridized carbons (Fsp3) is 0.955. The van der Waals surface area contributed by atoms with Crippen LogP contribution in [0, 0.1) is 70.0 Å². The van der Waals surface area contributed by atoms with Gasteiger partial charge in [-0.2, -0.15) is 0 Å². The topological polar surface area (TPSA) is 94.8 Å². The molecule has 0 aromatic heterocycles. The zero-order chi connectivity index (χ0) is 37.4. The molecule has 0 bridgehead atoms. The van der Waals surface area contributed by atoms with Crippen LogP contribution in [0.1, 0.15) is 158 Å². The van der Waals surface area contributed by atoms with Crippen LogP contribution in [0.25, 0.3) is 0 Å². The van der Waals surface area contributed by atoms with Gasteiger partial charge in [0, 0.05) is 18.9 Å². The number of aliphatic hydroxyl groups is 3. The van der Waals surface area contributed by atoms with E-state index in [0.717, 1.165) is 84.2 Å². The minimum Gasteiger partial charge on any atom is -0.400 e. The molecule has 16 atom stereocenters. The summed E-state index contributed by atoms with van der Waals surface area (Å²) in [6, 6.07) is 0. The van der Waals surface area contributed by atoms with Gasteiger partial charge in [0.15, 0.2) is 0 Å². The molecule has 2 unspecified atom stereocenters. The molecule has 0 heterocycles. The first-order chi connectivity index (χ1) is 23.9. The molecule has 0 saturated heterocycles. The normalized spacial score (nSPS) is 52.9. The van der Waals surface area contributed by atoms with E-state index in [1.54, 1.807) is 6.92 Å². The van der Waals surface area contributed by atoms with E-state index in [1.165, 1.54) is 0 Å². The average Bonchev–Trinajstić information content (AvgIpc) is 3.63.